The maximum Gasteiger partial charge on any atom is 0.562 e. The molecular weight excluding hydrogens is 252 g/mol. The van der Waals surface area contributed by atoms with Gasteiger partial charge in [0.15, 0.2) is 0 Å². The lowest BCUT2D eigenvalue weighted by atomic mass is 10.1. The fourth-order valence-corrected chi connectivity index (χ4v) is 2.10. The molecule has 0 aromatic carbocycles. The first kappa shape index (κ1) is 14.6. The van der Waals surface area contributed by atoms with Crippen LogP contribution in [0.3, 0.4) is 0 Å². The summed E-state index contributed by atoms with van der Waals surface area (Å²) in [6.45, 7) is 4.41. The molecule has 1 fully saturated rings. The van der Waals surface area contributed by atoms with Crippen LogP contribution >= 0.6 is 0 Å². The molecule has 0 aromatic rings. The second-order valence-electron chi connectivity index (χ2n) is 4.23. The van der Waals surface area contributed by atoms with Gasteiger partial charge in [0.25, 0.3) is 0 Å². The average molecular weight is 266 g/mol. The van der Waals surface area contributed by atoms with Crippen molar-refractivity contribution < 1.29 is 9.85 Å². The zero-order valence-electron chi connectivity index (χ0n) is 10.8. The standard InChI is InChI=1S/C11H14N4O4/c1-8(11(14(16)17)15(18)19)10(7-12)9(2)13-5-3-4-6-13/h3-6H2,1-2H3/b10-9+. The van der Waals surface area contributed by atoms with Gasteiger partial charge in [-0.05, 0) is 26.7 Å². The van der Waals surface area contributed by atoms with Gasteiger partial charge in [0, 0.05) is 18.8 Å². The second kappa shape index (κ2) is 5.95. The number of nitriles is 1. The van der Waals surface area contributed by atoms with E-state index in [1.54, 1.807) is 6.92 Å². The Hall–Kier alpha value is -2.43. The van der Waals surface area contributed by atoms with Crippen LogP contribution in [-0.4, -0.2) is 27.8 Å². The highest BCUT2D eigenvalue weighted by Gasteiger charge is 2.32. The number of hydrogen-bond donors (Lipinski definition) is 0. The van der Waals surface area contributed by atoms with Crippen LogP contribution in [0.25, 0.3) is 0 Å². The van der Waals surface area contributed by atoms with Crippen LogP contribution in [0.15, 0.2) is 22.7 Å². The summed E-state index contributed by atoms with van der Waals surface area (Å²) in [4.78, 5) is 21.2. The summed E-state index contributed by atoms with van der Waals surface area (Å²) in [6.07, 6.45) is 1.96. The average Bonchev–Trinajstić information content (AvgIpc) is 2.81. The van der Waals surface area contributed by atoms with Crippen molar-refractivity contribution in [1.29, 1.82) is 5.26 Å². The van der Waals surface area contributed by atoms with Gasteiger partial charge in [-0.25, -0.2) is 0 Å². The summed E-state index contributed by atoms with van der Waals surface area (Å²) < 4.78 is 0. The molecule has 8 nitrogen and oxygen atoms in total. The molecular formula is C11H14N4O4. The van der Waals surface area contributed by atoms with Crippen LogP contribution in [0.1, 0.15) is 26.7 Å². The van der Waals surface area contributed by atoms with Gasteiger partial charge in [-0.1, -0.05) is 0 Å². The highest BCUT2D eigenvalue weighted by molar-refractivity contribution is 5.43. The lowest BCUT2D eigenvalue weighted by Crippen LogP contribution is -2.20. The topological polar surface area (TPSA) is 113 Å². The van der Waals surface area contributed by atoms with Crippen LogP contribution < -0.4 is 0 Å². The van der Waals surface area contributed by atoms with Gasteiger partial charge < -0.3 is 4.90 Å². The molecule has 0 amide bonds. The van der Waals surface area contributed by atoms with Crippen LogP contribution in [-0.2, 0) is 0 Å². The number of likely N-dealkylation sites (tertiary alicyclic amines) is 1. The van der Waals surface area contributed by atoms with Crippen molar-refractivity contribution in [1.82, 2.24) is 4.90 Å². The molecule has 0 bridgehead atoms. The van der Waals surface area contributed by atoms with Crippen molar-refractivity contribution in [2.45, 2.75) is 26.7 Å². The summed E-state index contributed by atoms with van der Waals surface area (Å²) in [5.41, 5.74) is 0.353. The van der Waals surface area contributed by atoms with E-state index in [9.17, 15) is 20.2 Å². The van der Waals surface area contributed by atoms with E-state index < -0.39 is 15.7 Å². The molecule has 1 aliphatic rings. The first-order valence-corrected chi connectivity index (χ1v) is 5.76. The number of hydrogen-bond acceptors (Lipinski definition) is 6. The summed E-state index contributed by atoms with van der Waals surface area (Å²) in [5.74, 6) is -1.14. The van der Waals surface area contributed by atoms with E-state index in [-0.39, 0.29) is 11.1 Å². The molecule has 1 rings (SSSR count). The van der Waals surface area contributed by atoms with E-state index in [0.29, 0.717) is 5.70 Å². The van der Waals surface area contributed by atoms with Crippen LogP contribution in [0.2, 0.25) is 0 Å². The molecule has 0 saturated carbocycles. The fourth-order valence-electron chi connectivity index (χ4n) is 2.10. The first-order chi connectivity index (χ1) is 8.90. The second-order valence-corrected chi connectivity index (χ2v) is 4.23. The van der Waals surface area contributed by atoms with Gasteiger partial charge >= 0.3 is 5.82 Å². The third-order valence-electron chi connectivity index (χ3n) is 3.11. The van der Waals surface area contributed by atoms with Gasteiger partial charge in [0.1, 0.15) is 21.5 Å². The van der Waals surface area contributed by atoms with E-state index in [1.165, 1.54) is 6.92 Å². The molecule has 1 heterocycles. The van der Waals surface area contributed by atoms with Crippen molar-refractivity contribution in [2.75, 3.05) is 13.1 Å². The zero-order valence-corrected chi connectivity index (χ0v) is 10.8. The molecule has 0 aromatic heterocycles. The minimum Gasteiger partial charge on any atom is -0.374 e. The summed E-state index contributed by atoms with van der Waals surface area (Å²) in [7, 11) is 0. The van der Waals surface area contributed by atoms with E-state index in [4.69, 9.17) is 5.26 Å². The predicted octanol–water partition coefficient (Wildman–Crippen LogP) is 1.66. The van der Waals surface area contributed by atoms with Gasteiger partial charge in [-0.2, -0.15) is 5.26 Å². The summed E-state index contributed by atoms with van der Waals surface area (Å²) in [5, 5.41) is 30.5. The number of rotatable bonds is 4. The molecule has 8 heteroatoms. The Morgan fingerprint density at radius 1 is 1.16 bits per heavy atom. The van der Waals surface area contributed by atoms with Gasteiger partial charge in [0.2, 0.25) is 0 Å². The lowest BCUT2D eigenvalue weighted by Gasteiger charge is -2.19. The fraction of sp³-hybridized carbons (Fsp3) is 0.545. The van der Waals surface area contributed by atoms with E-state index in [2.05, 4.69) is 0 Å². The minimum absolute atomic E-state index is 0.00491. The number of nitro groups is 2. The minimum atomic E-state index is -1.14. The van der Waals surface area contributed by atoms with Crippen LogP contribution in [0, 0.1) is 31.6 Å². The van der Waals surface area contributed by atoms with Crippen molar-refractivity contribution in [2.24, 2.45) is 0 Å². The van der Waals surface area contributed by atoms with Crippen molar-refractivity contribution in [3.05, 3.63) is 42.9 Å². The molecule has 0 unspecified atom stereocenters. The maximum absolute atomic E-state index is 10.7. The molecule has 1 aliphatic heterocycles. The number of nitrogens with zero attached hydrogens (tertiary/aromatic N) is 4. The highest BCUT2D eigenvalue weighted by Crippen LogP contribution is 2.23. The molecule has 19 heavy (non-hydrogen) atoms. The molecule has 0 radical (unpaired) electrons. The SMILES string of the molecule is CC(=C([N+](=O)[O-])[N+](=O)[O-])/C(C#N)=C(\C)N1CCCC1. The summed E-state index contributed by atoms with van der Waals surface area (Å²) in [6, 6.07) is 1.84. The Balaban J connectivity index is 3.32. The maximum atomic E-state index is 10.7. The van der Waals surface area contributed by atoms with Gasteiger partial charge in [-0.15, -0.1) is 0 Å². The molecule has 0 atom stereocenters. The third kappa shape index (κ3) is 3.07. The molecule has 0 aliphatic carbocycles. The smallest absolute Gasteiger partial charge is 0.374 e. The van der Waals surface area contributed by atoms with Crippen LogP contribution in [0.4, 0.5) is 0 Å². The van der Waals surface area contributed by atoms with Crippen molar-refractivity contribution in [3.63, 3.8) is 0 Å². The highest BCUT2D eigenvalue weighted by atomic mass is 16.7. The molecule has 0 N–H and O–H groups in total. The molecule has 1 saturated heterocycles. The van der Waals surface area contributed by atoms with Gasteiger partial charge in [0.05, 0.1) is 5.57 Å². The van der Waals surface area contributed by atoms with E-state index >= 15 is 0 Å². The predicted molar refractivity (Wildman–Crippen MR) is 65.8 cm³/mol. The largest absolute Gasteiger partial charge is 0.562 e. The lowest BCUT2D eigenvalue weighted by molar-refractivity contribution is -0.617. The quantitative estimate of drug-likeness (QED) is 0.331. The zero-order chi connectivity index (χ0) is 14.6. The Kier molecular flexibility index (Phi) is 4.58. The third-order valence-corrected chi connectivity index (χ3v) is 3.11. The monoisotopic (exact) mass is 266 g/mol. The van der Waals surface area contributed by atoms with Crippen LogP contribution in [0.5, 0.6) is 0 Å². The Bertz CT molecular complexity index is 493. The Morgan fingerprint density at radius 3 is 2.00 bits per heavy atom. The number of allylic oxidation sites excluding steroid dienone is 3. The van der Waals surface area contributed by atoms with Crippen molar-refractivity contribution >= 4 is 0 Å². The first-order valence-electron chi connectivity index (χ1n) is 5.76. The Morgan fingerprint density at radius 2 is 1.63 bits per heavy atom. The summed E-state index contributed by atoms with van der Waals surface area (Å²) >= 11 is 0. The normalized spacial score (nSPS) is 15.5. The molecule has 0 spiro atoms. The van der Waals surface area contributed by atoms with Gasteiger partial charge in [-0.3, -0.25) is 20.2 Å². The van der Waals surface area contributed by atoms with E-state index in [0.717, 1.165) is 25.9 Å². The molecule has 102 valence electrons. The Labute approximate surface area is 109 Å². The van der Waals surface area contributed by atoms with Crippen molar-refractivity contribution in [3.8, 4) is 6.07 Å². The van der Waals surface area contributed by atoms with E-state index in [1.807, 2.05) is 11.0 Å².